The Morgan fingerprint density at radius 1 is 1.31 bits per heavy atom. The molecule has 1 rings (SSSR count). The second-order valence-electron chi connectivity index (χ2n) is 3.99. The van der Waals surface area contributed by atoms with E-state index in [1.165, 1.54) is 32.1 Å². The van der Waals surface area contributed by atoms with Gasteiger partial charge < -0.3 is 5.73 Å². The monoisotopic (exact) mass is 179 g/mol. The third-order valence-electron chi connectivity index (χ3n) is 2.80. The molecule has 1 heteroatoms. The van der Waals surface area contributed by atoms with Crippen molar-refractivity contribution in [3.05, 3.63) is 0 Å². The topological polar surface area (TPSA) is 26.0 Å². The lowest BCUT2D eigenvalue weighted by Crippen LogP contribution is -2.29. The molecule has 13 heavy (non-hydrogen) atoms. The molecule has 2 N–H and O–H groups in total. The van der Waals surface area contributed by atoms with Crippen LogP contribution in [0, 0.1) is 17.8 Å². The van der Waals surface area contributed by atoms with Crippen LogP contribution in [0.4, 0.5) is 0 Å². The minimum atomic E-state index is 0.145. The maximum atomic E-state index is 6.02. The summed E-state index contributed by atoms with van der Waals surface area (Å²) < 4.78 is 0. The van der Waals surface area contributed by atoms with E-state index in [1.54, 1.807) is 0 Å². The van der Waals surface area contributed by atoms with Crippen LogP contribution in [0.15, 0.2) is 0 Å². The molecule has 1 nitrogen and oxygen atoms in total. The van der Waals surface area contributed by atoms with Gasteiger partial charge >= 0.3 is 0 Å². The predicted octanol–water partition coefficient (Wildman–Crippen LogP) is 2.70. The van der Waals surface area contributed by atoms with Crippen LogP contribution in [0.1, 0.15) is 51.9 Å². The summed E-state index contributed by atoms with van der Waals surface area (Å²) in [6.45, 7) is 2.15. The lowest BCUT2D eigenvalue weighted by molar-refractivity contribution is 0.337. The normalized spacial score (nSPS) is 20.5. The molecule has 1 aliphatic carbocycles. The number of rotatable bonds is 2. The minimum Gasteiger partial charge on any atom is -0.317 e. The molecule has 0 aliphatic heterocycles. The molecule has 0 spiro atoms. The Kier molecular flexibility index (Phi) is 4.93. The van der Waals surface area contributed by atoms with Crippen LogP contribution in [-0.2, 0) is 0 Å². The number of hydrogen-bond donors (Lipinski definition) is 1. The van der Waals surface area contributed by atoms with Crippen molar-refractivity contribution < 1.29 is 0 Å². The van der Waals surface area contributed by atoms with Crippen molar-refractivity contribution in [2.75, 3.05) is 0 Å². The van der Waals surface area contributed by atoms with E-state index in [1.807, 2.05) is 0 Å². The predicted molar refractivity (Wildman–Crippen MR) is 57.2 cm³/mol. The molecular weight excluding hydrogens is 158 g/mol. The molecule has 1 atom stereocenters. The molecular formula is C12H21N. The van der Waals surface area contributed by atoms with Gasteiger partial charge in [0, 0.05) is 6.42 Å². The first kappa shape index (κ1) is 10.6. The standard InChI is InChI=1S/C12H21N/c1-2-3-5-10-12(13)11-8-6-4-7-9-11/h11-12H,2-4,6-9,13H2,1H3. The molecule has 1 aliphatic rings. The van der Waals surface area contributed by atoms with Crippen LogP contribution in [0.3, 0.4) is 0 Å². The van der Waals surface area contributed by atoms with E-state index in [4.69, 9.17) is 5.73 Å². The second kappa shape index (κ2) is 6.05. The van der Waals surface area contributed by atoms with Crippen LogP contribution in [0.5, 0.6) is 0 Å². The summed E-state index contributed by atoms with van der Waals surface area (Å²) in [6.07, 6.45) is 8.84. The first-order chi connectivity index (χ1) is 6.34. The zero-order valence-corrected chi connectivity index (χ0v) is 8.68. The maximum absolute atomic E-state index is 6.02. The van der Waals surface area contributed by atoms with E-state index < -0.39 is 0 Å². The van der Waals surface area contributed by atoms with E-state index >= 15 is 0 Å². The van der Waals surface area contributed by atoms with Gasteiger partial charge in [-0.1, -0.05) is 32.1 Å². The Morgan fingerprint density at radius 3 is 2.62 bits per heavy atom. The Labute approximate surface area is 82.1 Å². The molecule has 1 saturated carbocycles. The molecule has 0 aromatic carbocycles. The zero-order chi connectivity index (χ0) is 9.52. The maximum Gasteiger partial charge on any atom is 0.0693 e. The third-order valence-corrected chi connectivity index (χ3v) is 2.80. The average Bonchev–Trinajstić information content (AvgIpc) is 2.19. The molecule has 0 heterocycles. The summed E-state index contributed by atoms with van der Waals surface area (Å²) in [5.74, 6) is 7.02. The van der Waals surface area contributed by atoms with Crippen molar-refractivity contribution in [2.45, 2.75) is 57.9 Å². The van der Waals surface area contributed by atoms with Crippen LogP contribution < -0.4 is 5.73 Å². The lowest BCUT2D eigenvalue weighted by atomic mass is 9.84. The first-order valence-corrected chi connectivity index (χ1v) is 5.58. The van der Waals surface area contributed by atoms with Gasteiger partial charge in [0.25, 0.3) is 0 Å². The highest BCUT2D eigenvalue weighted by molar-refractivity contribution is 5.08. The highest BCUT2D eigenvalue weighted by Crippen LogP contribution is 2.25. The van der Waals surface area contributed by atoms with E-state index in [-0.39, 0.29) is 6.04 Å². The Bertz CT molecular complexity index is 181. The van der Waals surface area contributed by atoms with Crippen molar-refractivity contribution in [3.63, 3.8) is 0 Å². The SMILES string of the molecule is CCCC#CC(N)C1CCCCC1. The molecule has 0 aromatic rings. The van der Waals surface area contributed by atoms with Crippen LogP contribution in [-0.4, -0.2) is 6.04 Å². The Balaban J connectivity index is 2.29. The number of unbranched alkanes of at least 4 members (excludes halogenated alkanes) is 1. The van der Waals surface area contributed by atoms with Crippen molar-refractivity contribution in [3.8, 4) is 11.8 Å². The minimum absolute atomic E-state index is 0.145. The van der Waals surface area contributed by atoms with Crippen LogP contribution in [0.25, 0.3) is 0 Å². The Hall–Kier alpha value is -0.480. The van der Waals surface area contributed by atoms with Gasteiger partial charge in [-0.05, 0) is 25.2 Å². The molecule has 74 valence electrons. The Morgan fingerprint density at radius 2 is 2.00 bits per heavy atom. The van der Waals surface area contributed by atoms with Crippen molar-refractivity contribution in [2.24, 2.45) is 11.7 Å². The van der Waals surface area contributed by atoms with Crippen LogP contribution >= 0.6 is 0 Å². The van der Waals surface area contributed by atoms with Crippen molar-refractivity contribution >= 4 is 0 Å². The van der Waals surface area contributed by atoms with Crippen molar-refractivity contribution in [1.82, 2.24) is 0 Å². The summed E-state index contributed by atoms with van der Waals surface area (Å²) >= 11 is 0. The summed E-state index contributed by atoms with van der Waals surface area (Å²) in [5, 5.41) is 0. The van der Waals surface area contributed by atoms with E-state index in [0.717, 1.165) is 12.8 Å². The van der Waals surface area contributed by atoms with Gasteiger partial charge in [0.05, 0.1) is 6.04 Å². The van der Waals surface area contributed by atoms with Gasteiger partial charge in [0.1, 0.15) is 0 Å². The molecule has 1 fully saturated rings. The van der Waals surface area contributed by atoms with E-state index in [2.05, 4.69) is 18.8 Å². The second-order valence-corrected chi connectivity index (χ2v) is 3.99. The summed E-state index contributed by atoms with van der Waals surface area (Å²) in [5.41, 5.74) is 6.02. The molecule has 0 amide bonds. The molecule has 0 saturated heterocycles. The fourth-order valence-corrected chi connectivity index (χ4v) is 1.93. The largest absolute Gasteiger partial charge is 0.317 e. The highest BCUT2D eigenvalue weighted by Gasteiger charge is 2.18. The highest BCUT2D eigenvalue weighted by atomic mass is 14.6. The van der Waals surface area contributed by atoms with Crippen molar-refractivity contribution in [1.29, 1.82) is 0 Å². The zero-order valence-electron chi connectivity index (χ0n) is 8.68. The van der Waals surface area contributed by atoms with Gasteiger partial charge in [-0.2, -0.15) is 0 Å². The molecule has 0 aromatic heterocycles. The van der Waals surface area contributed by atoms with Gasteiger partial charge in [-0.15, -0.1) is 5.92 Å². The van der Waals surface area contributed by atoms with E-state index in [0.29, 0.717) is 5.92 Å². The van der Waals surface area contributed by atoms with Gasteiger partial charge in [0.15, 0.2) is 0 Å². The van der Waals surface area contributed by atoms with E-state index in [9.17, 15) is 0 Å². The van der Waals surface area contributed by atoms with Crippen LogP contribution in [0.2, 0.25) is 0 Å². The first-order valence-electron chi connectivity index (χ1n) is 5.58. The third kappa shape index (κ3) is 3.83. The molecule has 1 unspecified atom stereocenters. The number of nitrogens with two attached hydrogens (primary N) is 1. The summed E-state index contributed by atoms with van der Waals surface area (Å²) in [7, 11) is 0. The summed E-state index contributed by atoms with van der Waals surface area (Å²) in [6, 6.07) is 0.145. The average molecular weight is 179 g/mol. The van der Waals surface area contributed by atoms with Gasteiger partial charge in [-0.25, -0.2) is 0 Å². The van der Waals surface area contributed by atoms with Gasteiger partial charge in [-0.3, -0.25) is 0 Å². The molecule has 0 radical (unpaired) electrons. The lowest BCUT2D eigenvalue weighted by Gasteiger charge is -2.23. The molecule has 0 bridgehead atoms. The fourth-order valence-electron chi connectivity index (χ4n) is 1.93. The quantitative estimate of drug-likeness (QED) is 0.648. The summed E-state index contributed by atoms with van der Waals surface area (Å²) in [4.78, 5) is 0. The smallest absolute Gasteiger partial charge is 0.0693 e. The number of hydrogen-bond acceptors (Lipinski definition) is 1. The van der Waals surface area contributed by atoms with Gasteiger partial charge in [0.2, 0.25) is 0 Å². The fraction of sp³-hybridized carbons (Fsp3) is 0.833.